The molecule has 0 bridgehead atoms. The number of carbonyl (C=O) groups excluding carboxylic acids is 1. The first-order valence-corrected chi connectivity index (χ1v) is 5.14. The van der Waals surface area contributed by atoms with Crippen molar-refractivity contribution in [2.75, 3.05) is 12.3 Å². The standard InChI is InChI=1S/C9H14N2O2S/c1-5(12)4-11-9(13)8-3-7(10)6(2)14-8/h3,5,12H,4,10H2,1-2H3,(H,11,13)/t5-/m0/s1. The van der Waals surface area contributed by atoms with Gasteiger partial charge in [-0.3, -0.25) is 4.79 Å². The smallest absolute Gasteiger partial charge is 0.261 e. The van der Waals surface area contributed by atoms with Crippen LogP contribution in [-0.2, 0) is 0 Å². The molecule has 0 fully saturated rings. The van der Waals surface area contributed by atoms with Gasteiger partial charge < -0.3 is 16.2 Å². The molecule has 0 unspecified atom stereocenters. The van der Waals surface area contributed by atoms with E-state index in [1.807, 2.05) is 6.92 Å². The van der Waals surface area contributed by atoms with Crippen LogP contribution in [0, 0.1) is 6.92 Å². The lowest BCUT2D eigenvalue weighted by Gasteiger charge is -2.04. The maximum absolute atomic E-state index is 11.4. The van der Waals surface area contributed by atoms with E-state index in [-0.39, 0.29) is 12.5 Å². The number of hydrogen-bond donors (Lipinski definition) is 3. The molecule has 1 atom stereocenters. The highest BCUT2D eigenvalue weighted by molar-refractivity contribution is 7.14. The number of anilines is 1. The third-order valence-electron chi connectivity index (χ3n) is 1.74. The lowest BCUT2D eigenvalue weighted by atomic mass is 10.3. The molecule has 4 nitrogen and oxygen atoms in total. The van der Waals surface area contributed by atoms with Gasteiger partial charge in [0.05, 0.1) is 11.0 Å². The van der Waals surface area contributed by atoms with Crippen molar-refractivity contribution in [1.29, 1.82) is 0 Å². The van der Waals surface area contributed by atoms with Gasteiger partial charge in [0, 0.05) is 17.1 Å². The number of aliphatic hydroxyl groups is 1. The van der Waals surface area contributed by atoms with Crippen LogP contribution in [0.5, 0.6) is 0 Å². The number of amides is 1. The lowest BCUT2D eigenvalue weighted by molar-refractivity contribution is 0.0928. The van der Waals surface area contributed by atoms with E-state index in [0.717, 1.165) is 4.88 Å². The minimum Gasteiger partial charge on any atom is -0.398 e. The maximum atomic E-state index is 11.4. The first-order chi connectivity index (χ1) is 6.50. The molecule has 14 heavy (non-hydrogen) atoms. The highest BCUT2D eigenvalue weighted by Crippen LogP contribution is 2.22. The molecule has 1 aromatic heterocycles. The molecule has 1 amide bonds. The number of carbonyl (C=O) groups is 1. The molecule has 0 spiro atoms. The lowest BCUT2D eigenvalue weighted by Crippen LogP contribution is -2.29. The van der Waals surface area contributed by atoms with E-state index in [1.165, 1.54) is 11.3 Å². The fourth-order valence-electron chi connectivity index (χ4n) is 0.936. The first-order valence-electron chi connectivity index (χ1n) is 4.33. The van der Waals surface area contributed by atoms with Gasteiger partial charge in [-0.25, -0.2) is 0 Å². The molecule has 4 N–H and O–H groups in total. The van der Waals surface area contributed by atoms with Crippen LogP contribution < -0.4 is 11.1 Å². The van der Waals surface area contributed by atoms with Gasteiger partial charge >= 0.3 is 0 Å². The van der Waals surface area contributed by atoms with Gasteiger partial charge in [0.2, 0.25) is 0 Å². The van der Waals surface area contributed by atoms with Crippen molar-refractivity contribution in [2.24, 2.45) is 0 Å². The van der Waals surface area contributed by atoms with Gasteiger partial charge in [-0.1, -0.05) is 0 Å². The summed E-state index contributed by atoms with van der Waals surface area (Å²) in [5, 5.41) is 11.6. The predicted molar refractivity (Wildman–Crippen MR) is 57.5 cm³/mol. The molecule has 1 aromatic rings. The second-order valence-corrected chi connectivity index (χ2v) is 4.44. The Hall–Kier alpha value is -1.07. The Kier molecular flexibility index (Phi) is 3.49. The molecule has 0 saturated carbocycles. The number of aliphatic hydroxyl groups excluding tert-OH is 1. The highest BCUT2D eigenvalue weighted by atomic mass is 32.1. The summed E-state index contributed by atoms with van der Waals surface area (Å²) in [7, 11) is 0. The Morgan fingerprint density at radius 1 is 1.79 bits per heavy atom. The zero-order valence-corrected chi connectivity index (χ0v) is 9.02. The Balaban J connectivity index is 2.61. The Morgan fingerprint density at radius 3 is 2.86 bits per heavy atom. The minimum atomic E-state index is -0.530. The third-order valence-corrected chi connectivity index (χ3v) is 2.80. The fraction of sp³-hybridized carbons (Fsp3) is 0.444. The van der Waals surface area contributed by atoms with E-state index < -0.39 is 6.10 Å². The first kappa shape index (κ1) is 11.0. The number of thiophene rings is 1. The van der Waals surface area contributed by atoms with Gasteiger partial charge in [0.15, 0.2) is 0 Å². The second-order valence-electron chi connectivity index (χ2n) is 3.18. The number of nitrogens with two attached hydrogens (primary N) is 1. The third kappa shape index (κ3) is 2.71. The average molecular weight is 214 g/mol. The molecule has 5 heteroatoms. The van der Waals surface area contributed by atoms with Crippen molar-refractivity contribution >= 4 is 22.9 Å². The number of aryl methyl sites for hydroxylation is 1. The van der Waals surface area contributed by atoms with Crippen LogP contribution >= 0.6 is 11.3 Å². The molecule has 0 aliphatic rings. The monoisotopic (exact) mass is 214 g/mol. The Bertz CT molecular complexity index is 314. The Labute approximate surface area is 86.7 Å². The van der Waals surface area contributed by atoms with Crippen LogP contribution in [-0.4, -0.2) is 23.7 Å². The van der Waals surface area contributed by atoms with Gasteiger partial charge in [0.25, 0.3) is 5.91 Å². The van der Waals surface area contributed by atoms with E-state index in [0.29, 0.717) is 10.6 Å². The van der Waals surface area contributed by atoms with Crippen LogP contribution in [0.25, 0.3) is 0 Å². The normalized spacial score (nSPS) is 12.5. The zero-order valence-electron chi connectivity index (χ0n) is 8.20. The van der Waals surface area contributed by atoms with E-state index in [4.69, 9.17) is 10.8 Å². The van der Waals surface area contributed by atoms with Crippen molar-refractivity contribution in [3.8, 4) is 0 Å². The SMILES string of the molecule is Cc1sc(C(=O)NC[C@H](C)O)cc1N. The Morgan fingerprint density at radius 2 is 2.43 bits per heavy atom. The summed E-state index contributed by atoms with van der Waals surface area (Å²) < 4.78 is 0. The molecule has 1 heterocycles. The number of rotatable bonds is 3. The van der Waals surface area contributed by atoms with Crippen LogP contribution in [0.3, 0.4) is 0 Å². The van der Waals surface area contributed by atoms with Crippen molar-refractivity contribution in [3.05, 3.63) is 15.8 Å². The minimum absolute atomic E-state index is 0.185. The van der Waals surface area contributed by atoms with E-state index in [1.54, 1.807) is 13.0 Å². The number of nitrogens with one attached hydrogen (secondary N) is 1. The number of nitrogen functional groups attached to an aromatic ring is 1. The molecule has 0 radical (unpaired) electrons. The zero-order chi connectivity index (χ0) is 10.7. The summed E-state index contributed by atoms with van der Waals surface area (Å²) in [6.07, 6.45) is -0.530. The van der Waals surface area contributed by atoms with Crippen LogP contribution in [0.2, 0.25) is 0 Å². The molecular formula is C9H14N2O2S. The highest BCUT2D eigenvalue weighted by Gasteiger charge is 2.10. The summed E-state index contributed by atoms with van der Waals surface area (Å²) in [5.41, 5.74) is 6.25. The average Bonchev–Trinajstić information content (AvgIpc) is 2.43. The summed E-state index contributed by atoms with van der Waals surface area (Å²) in [6, 6.07) is 1.65. The maximum Gasteiger partial charge on any atom is 0.261 e. The summed E-state index contributed by atoms with van der Waals surface area (Å²) >= 11 is 1.36. The molecule has 0 aliphatic heterocycles. The molecule has 0 aliphatic carbocycles. The molecular weight excluding hydrogens is 200 g/mol. The van der Waals surface area contributed by atoms with Crippen molar-refractivity contribution in [1.82, 2.24) is 5.32 Å². The largest absolute Gasteiger partial charge is 0.398 e. The van der Waals surface area contributed by atoms with Gasteiger partial charge in [0.1, 0.15) is 0 Å². The number of hydrogen-bond acceptors (Lipinski definition) is 4. The molecule has 0 saturated heterocycles. The summed E-state index contributed by atoms with van der Waals surface area (Å²) in [6.45, 7) is 3.75. The van der Waals surface area contributed by atoms with Crippen LogP contribution in [0.4, 0.5) is 5.69 Å². The van der Waals surface area contributed by atoms with Crippen molar-refractivity contribution in [2.45, 2.75) is 20.0 Å². The predicted octanol–water partition coefficient (Wildman–Crippen LogP) is 0.749. The summed E-state index contributed by atoms with van der Waals surface area (Å²) in [5.74, 6) is -0.185. The molecule has 1 rings (SSSR count). The van der Waals surface area contributed by atoms with E-state index >= 15 is 0 Å². The second kappa shape index (κ2) is 4.43. The van der Waals surface area contributed by atoms with Crippen molar-refractivity contribution in [3.63, 3.8) is 0 Å². The van der Waals surface area contributed by atoms with E-state index in [2.05, 4.69) is 5.32 Å². The topological polar surface area (TPSA) is 75.3 Å². The van der Waals surface area contributed by atoms with Gasteiger partial charge in [-0.05, 0) is 19.9 Å². The van der Waals surface area contributed by atoms with Crippen molar-refractivity contribution < 1.29 is 9.90 Å². The van der Waals surface area contributed by atoms with Gasteiger partial charge in [-0.15, -0.1) is 11.3 Å². The van der Waals surface area contributed by atoms with Crippen LogP contribution in [0.15, 0.2) is 6.07 Å². The molecule has 0 aromatic carbocycles. The quantitative estimate of drug-likeness (QED) is 0.695. The van der Waals surface area contributed by atoms with Crippen LogP contribution in [0.1, 0.15) is 21.5 Å². The fourth-order valence-corrected chi connectivity index (χ4v) is 1.79. The van der Waals surface area contributed by atoms with E-state index in [9.17, 15) is 4.79 Å². The van der Waals surface area contributed by atoms with Gasteiger partial charge in [-0.2, -0.15) is 0 Å². The molecule has 78 valence electrons. The summed E-state index contributed by atoms with van der Waals surface area (Å²) in [4.78, 5) is 13.0.